The van der Waals surface area contributed by atoms with Crippen LogP contribution in [0.5, 0.6) is 0 Å². The van der Waals surface area contributed by atoms with Crippen molar-refractivity contribution in [3.05, 3.63) is 0 Å². The van der Waals surface area contributed by atoms with E-state index in [1.165, 1.54) is 7.11 Å². The van der Waals surface area contributed by atoms with Crippen LogP contribution in [-0.4, -0.2) is 54.3 Å². The molecule has 0 bridgehead atoms. The van der Waals surface area contributed by atoms with Crippen LogP contribution in [0.15, 0.2) is 4.34 Å². The summed E-state index contributed by atoms with van der Waals surface area (Å²) in [7, 11) is -2.56. The summed E-state index contributed by atoms with van der Waals surface area (Å²) < 4.78 is 30.1. The van der Waals surface area contributed by atoms with Crippen LogP contribution in [-0.2, 0) is 24.3 Å². The van der Waals surface area contributed by atoms with Crippen molar-refractivity contribution in [3.63, 3.8) is 0 Å². The van der Waals surface area contributed by atoms with Gasteiger partial charge in [0.25, 0.3) is 0 Å². The number of esters is 1. The quantitative estimate of drug-likeness (QED) is 0.495. The van der Waals surface area contributed by atoms with Gasteiger partial charge in [-0.3, -0.25) is 14.3 Å². The maximum absolute atomic E-state index is 11.6. The van der Waals surface area contributed by atoms with Gasteiger partial charge in [-0.15, -0.1) is 10.2 Å². The molecule has 2 N–H and O–H groups in total. The Morgan fingerprint density at radius 3 is 2.75 bits per heavy atom. The Labute approximate surface area is 122 Å². The average molecular weight is 341 g/mol. The molecule has 0 aliphatic heterocycles. The Morgan fingerprint density at radius 1 is 1.45 bits per heavy atom. The molecule has 0 spiro atoms. The molecule has 0 saturated heterocycles. The molecule has 0 saturated carbocycles. The summed E-state index contributed by atoms with van der Waals surface area (Å²) in [5.74, 6) is -2.27. The van der Waals surface area contributed by atoms with Gasteiger partial charge in [-0.1, -0.05) is 23.1 Å². The van der Waals surface area contributed by atoms with Gasteiger partial charge >= 0.3 is 11.9 Å². The number of aliphatic carboxylic acids is 1. The van der Waals surface area contributed by atoms with Crippen molar-refractivity contribution in [3.8, 4) is 0 Å². The predicted molar refractivity (Wildman–Crippen MR) is 72.3 cm³/mol. The number of carboxylic acid groups (broad SMARTS) is 1. The normalized spacial score (nSPS) is 11.1. The van der Waals surface area contributed by atoms with Crippen molar-refractivity contribution in [2.45, 2.75) is 10.8 Å². The predicted octanol–water partition coefficient (Wildman–Crippen LogP) is 0.0196. The van der Waals surface area contributed by atoms with E-state index in [4.69, 9.17) is 5.11 Å². The van der Waals surface area contributed by atoms with Crippen molar-refractivity contribution in [2.75, 3.05) is 23.3 Å². The molecular formula is C8H11N3O6S3. The highest BCUT2D eigenvalue weighted by atomic mass is 32.2. The molecule has 1 heterocycles. The topological polar surface area (TPSA) is 136 Å². The number of carboxylic acids is 1. The number of ether oxygens (including phenoxy) is 1. The molecule has 0 unspecified atom stereocenters. The molecule has 0 radical (unpaired) electrons. The van der Waals surface area contributed by atoms with E-state index in [0.29, 0.717) is 4.34 Å². The Kier molecular flexibility index (Phi) is 6.16. The summed E-state index contributed by atoms with van der Waals surface area (Å²) >= 11 is 1.85. The first-order chi connectivity index (χ1) is 9.32. The van der Waals surface area contributed by atoms with Gasteiger partial charge in [0.2, 0.25) is 15.2 Å². The van der Waals surface area contributed by atoms with Crippen LogP contribution in [0.4, 0.5) is 5.13 Å². The lowest BCUT2D eigenvalue weighted by atomic mass is 10.5. The van der Waals surface area contributed by atoms with Gasteiger partial charge < -0.3 is 9.84 Å². The molecule has 0 amide bonds. The molecule has 1 aromatic heterocycles. The fourth-order valence-electron chi connectivity index (χ4n) is 0.937. The Hall–Kier alpha value is -1.40. The highest BCUT2D eigenvalue weighted by molar-refractivity contribution is 8.01. The van der Waals surface area contributed by atoms with E-state index in [-0.39, 0.29) is 17.3 Å². The molecule has 0 fully saturated rings. The van der Waals surface area contributed by atoms with Gasteiger partial charge in [-0.2, -0.15) is 0 Å². The SMILES string of the molecule is COC(=O)CCS(=O)(=O)Nc1nnc(SCC(=O)O)s1. The van der Waals surface area contributed by atoms with Crippen molar-refractivity contribution < 1.29 is 27.9 Å². The highest BCUT2D eigenvalue weighted by Crippen LogP contribution is 2.25. The molecule has 0 aliphatic carbocycles. The lowest BCUT2D eigenvalue weighted by Gasteiger charge is -2.03. The summed E-state index contributed by atoms with van der Waals surface area (Å²) in [5, 5.41) is 15.7. The van der Waals surface area contributed by atoms with Gasteiger partial charge in [0.15, 0.2) is 4.34 Å². The number of hydrogen-bond acceptors (Lipinski definition) is 9. The van der Waals surface area contributed by atoms with Crippen molar-refractivity contribution in [1.29, 1.82) is 0 Å². The van der Waals surface area contributed by atoms with E-state index < -0.39 is 27.7 Å². The monoisotopic (exact) mass is 341 g/mol. The third-order valence-electron chi connectivity index (χ3n) is 1.77. The minimum Gasteiger partial charge on any atom is -0.481 e. The van der Waals surface area contributed by atoms with E-state index in [1.54, 1.807) is 0 Å². The molecule has 112 valence electrons. The third kappa shape index (κ3) is 6.16. The van der Waals surface area contributed by atoms with Crippen LogP contribution < -0.4 is 4.72 Å². The number of methoxy groups -OCH3 is 1. The zero-order valence-corrected chi connectivity index (χ0v) is 12.7. The van der Waals surface area contributed by atoms with Gasteiger partial charge in [-0.05, 0) is 0 Å². The summed E-state index contributed by atoms with van der Waals surface area (Å²) in [6, 6.07) is 0. The van der Waals surface area contributed by atoms with E-state index in [2.05, 4.69) is 19.7 Å². The first kappa shape index (κ1) is 16.7. The second kappa shape index (κ2) is 7.40. The van der Waals surface area contributed by atoms with Gasteiger partial charge in [0.1, 0.15) is 0 Å². The minimum atomic E-state index is -3.73. The van der Waals surface area contributed by atoms with Crippen molar-refractivity contribution >= 4 is 50.2 Å². The lowest BCUT2D eigenvalue weighted by molar-refractivity contribution is -0.140. The van der Waals surface area contributed by atoms with Crippen LogP contribution >= 0.6 is 23.1 Å². The zero-order valence-electron chi connectivity index (χ0n) is 10.2. The van der Waals surface area contributed by atoms with E-state index in [1.807, 2.05) is 0 Å². The summed E-state index contributed by atoms with van der Waals surface area (Å²) in [6.07, 6.45) is -0.273. The van der Waals surface area contributed by atoms with E-state index in [0.717, 1.165) is 23.1 Å². The maximum Gasteiger partial charge on any atom is 0.313 e. The molecular weight excluding hydrogens is 330 g/mol. The Balaban J connectivity index is 2.55. The molecule has 0 aromatic carbocycles. The van der Waals surface area contributed by atoms with Crippen LogP contribution in [0.3, 0.4) is 0 Å². The number of nitrogens with zero attached hydrogens (tertiary/aromatic N) is 2. The van der Waals surface area contributed by atoms with Crippen molar-refractivity contribution in [1.82, 2.24) is 10.2 Å². The van der Waals surface area contributed by atoms with Gasteiger partial charge in [0, 0.05) is 0 Å². The molecule has 9 nitrogen and oxygen atoms in total. The first-order valence-electron chi connectivity index (χ1n) is 5.08. The van der Waals surface area contributed by atoms with Crippen LogP contribution in [0.1, 0.15) is 6.42 Å². The number of carbonyl (C=O) groups excluding carboxylic acids is 1. The molecule has 1 aromatic rings. The average Bonchev–Trinajstić information content (AvgIpc) is 2.80. The third-order valence-corrected chi connectivity index (χ3v) is 5.10. The summed E-state index contributed by atoms with van der Waals surface area (Å²) in [5.41, 5.74) is 0. The van der Waals surface area contributed by atoms with E-state index >= 15 is 0 Å². The maximum atomic E-state index is 11.6. The van der Waals surface area contributed by atoms with Gasteiger partial charge in [0.05, 0.1) is 25.0 Å². The molecule has 20 heavy (non-hydrogen) atoms. The number of aromatic nitrogens is 2. The second-order valence-corrected chi connectivity index (χ2v) is 7.34. The smallest absolute Gasteiger partial charge is 0.313 e. The molecule has 0 aliphatic rings. The Bertz CT molecular complexity index is 584. The fourth-order valence-corrected chi connectivity index (χ4v) is 3.65. The lowest BCUT2D eigenvalue weighted by Crippen LogP contribution is -2.19. The minimum absolute atomic E-state index is 0.0164. The number of carbonyl (C=O) groups is 2. The number of thioether (sulfide) groups is 1. The number of nitrogens with one attached hydrogen (secondary N) is 1. The van der Waals surface area contributed by atoms with Crippen molar-refractivity contribution in [2.24, 2.45) is 0 Å². The molecule has 0 atom stereocenters. The fraction of sp³-hybridized carbons (Fsp3) is 0.500. The largest absolute Gasteiger partial charge is 0.481 e. The van der Waals surface area contributed by atoms with E-state index in [9.17, 15) is 18.0 Å². The second-order valence-electron chi connectivity index (χ2n) is 3.30. The number of rotatable bonds is 8. The van der Waals surface area contributed by atoms with Crippen LogP contribution in [0.2, 0.25) is 0 Å². The first-order valence-corrected chi connectivity index (χ1v) is 8.53. The number of anilines is 1. The Morgan fingerprint density at radius 2 is 2.15 bits per heavy atom. The van der Waals surface area contributed by atoms with Gasteiger partial charge in [-0.25, -0.2) is 8.42 Å². The molecule has 1 rings (SSSR count). The molecule has 12 heteroatoms. The summed E-state index contributed by atoms with van der Waals surface area (Å²) in [6.45, 7) is 0. The van der Waals surface area contributed by atoms with Crippen LogP contribution in [0, 0.1) is 0 Å². The standard InChI is InChI=1S/C8H11N3O6S3/c1-17-6(14)2-3-20(15,16)11-7-9-10-8(19-7)18-4-5(12)13/h2-4H2,1H3,(H,9,11)(H,12,13). The number of sulfonamides is 1. The highest BCUT2D eigenvalue weighted by Gasteiger charge is 2.16. The summed E-state index contributed by atoms with van der Waals surface area (Å²) in [4.78, 5) is 21.2. The zero-order chi connectivity index (χ0) is 15.2. The van der Waals surface area contributed by atoms with Crippen LogP contribution in [0.25, 0.3) is 0 Å². The number of hydrogen-bond donors (Lipinski definition) is 2.